The number of rotatable bonds is 6. The van der Waals surface area contributed by atoms with E-state index < -0.39 is 0 Å². The fourth-order valence-electron chi connectivity index (χ4n) is 1.43. The Morgan fingerprint density at radius 3 is 2.19 bits per heavy atom. The monoisotopic (exact) mass is 221 g/mol. The molecule has 1 aromatic carbocycles. The molecule has 0 spiro atoms. The maximum Gasteiger partial charge on any atom is 0.124 e. The third-order valence-electron chi connectivity index (χ3n) is 2.45. The number of methoxy groups -OCH3 is 2. The van der Waals surface area contributed by atoms with Gasteiger partial charge in [-0.25, -0.2) is 0 Å². The summed E-state index contributed by atoms with van der Waals surface area (Å²) in [6.45, 7) is 4.65. The number of ether oxygens (including phenoxy) is 2. The van der Waals surface area contributed by atoms with Crippen molar-refractivity contribution in [1.82, 2.24) is 0 Å². The van der Waals surface area contributed by atoms with E-state index in [1.165, 1.54) is 0 Å². The normalized spacial score (nSPS) is 9.69. The van der Waals surface area contributed by atoms with Crippen molar-refractivity contribution in [3.05, 3.63) is 30.9 Å². The van der Waals surface area contributed by atoms with Gasteiger partial charge >= 0.3 is 0 Å². The fourth-order valence-corrected chi connectivity index (χ4v) is 1.43. The van der Waals surface area contributed by atoms with E-state index in [1.807, 2.05) is 31.3 Å². The quantitative estimate of drug-likeness (QED) is 0.689. The zero-order valence-electron chi connectivity index (χ0n) is 10.2. The molecular formula is C13H19NO2. The van der Waals surface area contributed by atoms with Crippen LogP contribution in [0.2, 0.25) is 0 Å². The third-order valence-corrected chi connectivity index (χ3v) is 2.45. The summed E-state index contributed by atoms with van der Waals surface area (Å²) in [5, 5.41) is 0. The van der Waals surface area contributed by atoms with Crippen molar-refractivity contribution < 1.29 is 9.47 Å². The molecule has 0 bridgehead atoms. The molecule has 3 heteroatoms. The Bertz CT molecular complexity index is 328. The van der Waals surface area contributed by atoms with Crippen molar-refractivity contribution >= 4 is 5.69 Å². The second-order valence-electron chi connectivity index (χ2n) is 3.57. The standard InChI is InChI=1S/C13H19NO2/c1-5-6-7-14(2)11-8-12(15-3)10-13(9-11)16-4/h5,8-10H,1,6-7H2,2-4H3. The van der Waals surface area contributed by atoms with Crippen molar-refractivity contribution in [1.29, 1.82) is 0 Å². The van der Waals surface area contributed by atoms with Crippen LogP contribution in [-0.2, 0) is 0 Å². The molecule has 0 fully saturated rings. The predicted molar refractivity (Wildman–Crippen MR) is 67.6 cm³/mol. The lowest BCUT2D eigenvalue weighted by Crippen LogP contribution is -2.17. The molecule has 0 heterocycles. The molecule has 0 saturated carbocycles. The second kappa shape index (κ2) is 6.05. The van der Waals surface area contributed by atoms with Crippen molar-refractivity contribution in [2.24, 2.45) is 0 Å². The van der Waals surface area contributed by atoms with Crippen molar-refractivity contribution in [3.63, 3.8) is 0 Å². The van der Waals surface area contributed by atoms with E-state index in [9.17, 15) is 0 Å². The number of benzene rings is 1. The van der Waals surface area contributed by atoms with E-state index in [2.05, 4.69) is 11.5 Å². The number of hydrogen-bond donors (Lipinski definition) is 0. The summed E-state index contributed by atoms with van der Waals surface area (Å²) in [5.74, 6) is 1.61. The smallest absolute Gasteiger partial charge is 0.124 e. The Morgan fingerprint density at radius 1 is 1.19 bits per heavy atom. The number of anilines is 1. The highest BCUT2D eigenvalue weighted by Gasteiger charge is 2.05. The maximum atomic E-state index is 5.23. The van der Waals surface area contributed by atoms with Crippen LogP contribution >= 0.6 is 0 Å². The van der Waals surface area contributed by atoms with Gasteiger partial charge in [0.25, 0.3) is 0 Å². The predicted octanol–water partition coefficient (Wildman–Crippen LogP) is 2.72. The van der Waals surface area contributed by atoms with Gasteiger partial charge in [-0.1, -0.05) is 6.08 Å². The molecular weight excluding hydrogens is 202 g/mol. The van der Waals surface area contributed by atoms with Crippen molar-refractivity contribution in [2.75, 3.05) is 32.7 Å². The Labute approximate surface area is 97.3 Å². The fraction of sp³-hybridized carbons (Fsp3) is 0.385. The zero-order chi connectivity index (χ0) is 12.0. The first-order chi connectivity index (χ1) is 7.71. The molecule has 16 heavy (non-hydrogen) atoms. The Hall–Kier alpha value is -1.64. The largest absolute Gasteiger partial charge is 0.497 e. The van der Waals surface area contributed by atoms with Gasteiger partial charge in [-0.3, -0.25) is 0 Å². The van der Waals surface area contributed by atoms with Crippen LogP contribution in [0, 0.1) is 0 Å². The highest BCUT2D eigenvalue weighted by atomic mass is 16.5. The molecule has 0 unspecified atom stereocenters. The van der Waals surface area contributed by atoms with Gasteiger partial charge in [-0.2, -0.15) is 0 Å². The average Bonchev–Trinajstić information content (AvgIpc) is 2.35. The first-order valence-electron chi connectivity index (χ1n) is 5.26. The van der Waals surface area contributed by atoms with Gasteiger partial charge in [0.15, 0.2) is 0 Å². The summed E-state index contributed by atoms with van der Waals surface area (Å²) in [5.41, 5.74) is 1.08. The topological polar surface area (TPSA) is 21.7 Å². The van der Waals surface area contributed by atoms with Crippen LogP contribution in [0.3, 0.4) is 0 Å². The van der Waals surface area contributed by atoms with E-state index in [4.69, 9.17) is 9.47 Å². The Balaban J connectivity index is 2.88. The van der Waals surface area contributed by atoms with Gasteiger partial charge in [0.2, 0.25) is 0 Å². The van der Waals surface area contributed by atoms with E-state index in [1.54, 1.807) is 14.2 Å². The molecule has 0 saturated heterocycles. The summed E-state index contributed by atoms with van der Waals surface area (Å²) < 4.78 is 10.5. The van der Waals surface area contributed by atoms with Crippen LogP contribution in [-0.4, -0.2) is 27.8 Å². The molecule has 0 N–H and O–H groups in total. The molecule has 1 aromatic rings. The van der Waals surface area contributed by atoms with Crippen LogP contribution in [0.25, 0.3) is 0 Å². The molecule has 0 amide bonds. The van der Waals surface area contributed by atoms with Gasteiger partial charge in [0, 0.05) is 37.5 Å². The van der Waals surface area contributed by atoms with Gasteiger partial charge in [-0.15, -0.1) is 6.58 Å². The summed E-state index contributed by atoms with van der Waals surface area (Å²) in [6.07, 6.45) is 2.87. The Morgan fingerprint density at radius 2 is 1.75 bits per heavy atom. The van der Waals surface area contributed by atoms with Crippen LogP contribution in [0.1, 0.15) is 6.42 Å². The van der Waals surface area contributed by atoms with E-state index in [0.29, 0.717) is 0 Å². The first kappa shape index (κ1) is 12.4. The zero-order valence-corrected chi connectivity index (χ0v) is 10.2. The van der Waals surface area contributed by atoms with E-state index >= 15 is 0 Å². The minimum absolute atomic E-state index is 0.805. The van der Waals surface area contributed by atoms with Crippen molar-refractivity contribution in [2.45, 2.75) is 6.42 Å². The minimum Gasteiger partial charge on any atom is -0.497 e. The number of nitrogens with zero attached hydrogens (tertiary/aromatic N) is 1. The molecule has 0 radical (unpaired) electrons. The Kier molecular flexibility index (Phi) is 4.70. The molecule has 3 nitrogen and oxygen atoms in total. The molecule has 1 rings (SSSR count). The summed E-state index contributed by atoms with van der Waals surface area (Å²) in [7, 11) is 5.35. The van der Waals surface area contributed by atoms with Crippen LogP contribution in [0.15, 0.2) is 30.9 Å². The molecule has 88 valence electrons. The lowest BCUT2D eigenvalue weighted by molar-refractivity contribution is 0.394. The SMILES string of the molecule is C=CCCN(C)c1cc(OC)cc(OC)c1. The van der Waals surface area contributed by atoms with Crippen molar-refractivity contribution in [3.8, 4) is 11.5 Å². The summed E-state index contributed by atoms with van der Waals surface area (Å²) >= 11 is 0. The van der Waals surface area contributed by atoms with E-state index in [0.717, 1.165) is 30.2 Å². The molecule has 0 aliphatic rings. The summed E-state index contributed by atoms with van der Waals surface area (Å²) in [4.78, 5) is 2.15. The summed E-state index contributed by atoms with van der Waals surface area (Å²) in [6, 6.07) is 5.85. The third kappa shape index (κ3) is 3.19. The average molecular weight is 221 g/mol. The van der Waals surface area contributed by atoms with Crippen LogP contribution in [0.4, 0.5) is 5.69 Å². The molecule has 0 aliphatic carbocycles. The van der Waals surface area contributed by atoms with Gasteiger partial charge in [0.05, 0.1) is 14.2 Å². The van der Waals surface area contributed by atoms with Crippen LogP contribution < -0.4 is 14.4 Å². The van der Waals surface area contributed by atoms with Gasteiger partial charge in [-0.05, 0) is 6.42 Å². The highest BCUT2D eigenvalue weighted by molar-refractivity contribution is 5.55. The molecule has 0 aromatic heterocycles. The molecule has 0 atom stereocenters. The highest BCUT2D eigenvalue weighted by Crippen LogP contribution is 2.27. The van der Waals surface area contributed by atoms with Gasteiger partial charge in [0.1, 0.15) is 11.5 Å². The molecule has 0 aliphatic heterocycles. The van der Waals surface area contributed by atoms with E-state index in [-0.39, 0.29) is 0 Å². The van der Waals surface area contributed by atoms with Gasteiger partial charge < -0.3 is 14.4 Å². The lowest BCUT2D eigenvalue weighted by Gasteiger charge is -2.20. The second-order valence-corrected chi connectivity index (χ2v) is 3.57. The number of hydrogen-bond acceptors (Lipinski definition) is 3. The van der Waals surface area contributed by atoms with Crippen LogP contribution in [0.5, 0.6) is 11.5 Å². The first-order valence-corrected chi connectivity index (χ1v) is 5.26. The lowest BCUT2D eigenvalue weighted by atomic mass is 10.2. The maximum absolute atomic E-state index is 5.23. The minimum atomic E-state index is 0.805.